The minimum atomic E-state index is 0.360. The molecule has 8 heteroatoms. The van der Waals surface area contributed by atoms with Gasteiger partial charge in [-0.15, -0.1) is 6.58 Å². The Morgan fingerprint density at radius 3 is 2.50 bits per heavy atom. The van der Waals surface area contributed by atoms with Gasteiger partial charge in [0.25, 0.3) is 0 Å². The van der Waals surface area contributed by atoms with E-state index in [2.05, 4.69) is 42.1 Å². The van der Waals surface area contributed by atoms with Gasteiger partial charge in [0.1, 0.15) is 0 Å². The number of nitrogens with zero attached hydrogens (tertiary/aromatic N) is 4. The van der Waals surface area contributed by atoms with Crippen molar-refractivity contribution in [3.05, 3.63) is 12.7 Å². The molecule has 0 aliphatic heterocycles. The van der Waals surface area contributed by atoms with Gasteiger partial charge in [-0.2, -0.15) is 0 Å². The third-order valence-corrected chi connectivity index (χ3v) is 2.13. The Morgan fingerprint density at radius 1 is 1.22 bits per heavy atom. The van der Waals surface area contributed by atoms with Crippen LogP contribution in [0.4, 0.5) is 11.6 Å². The van der Waals surface area contributed by atoms with Crippen molar-refractivity contribution in [3.63, 3.8) is 0 Å². The number of ether oxygens (including phenoxy) is 1. The molecule has 2 N–H and O–H groups in total. The van der Waals surface area contributed by atoms with Crippen molar-refractivity contribution in [3.8, 4) is 0 Å². The molecule has 0 saturated carbocycles. The normalized spacial score (nSPS) is 10.5. The average Bonchev–Trinajstić information content (AvgIpc) is 2.83. The molecule has 0 saturated heterocycles. The molecule has 96 valence electrons. The van der Waals surface area contributed by atoms with Gasteiger partial charge >= 0.3 is 0 Å². The second-order valence-electron chi connectivity index (χ2n) is 3.42. The molecular weight excluding hydrogens is 236 g/mol. The third kappa shape index (κ3) is 2.72. The summed E-state index contributed by atoms with van der Waals surface area (Å²) in [6, 6.07) is 0. The molecule has 2 heterocycles. The maximum absolute atomic E-state index is 4.96. The van der Waals surface area contributed by atoms with Gasteiger partial charge in [-0.25, -0.2) is 14.6 Å². The molecule has 0 unspecified atom stereocenters. The molecule has 0 radical (unpaired) electrons. The van der Waals surface area contributed by atoms with E-state index in [1.54, 1.807) is 13.2 Å². The summed E-state index contributed by atoms with van der Waals surface area (Å²) in [5, 5.41) is 13.5. The van der Waals surface area contributed by atoms with E-state index in [9.17, 15) is 0 Å². The highest BCUT2D eigenvalue weighted by molar-refractivity contribution is 5.73. The second-order valence-corrected chi connectivity index (χ2v) is 3.42. The number of anilines is 2. The van der Waals surface area contributed by atoms with E-state index >= 15 is 0 Å². The van der Waals surface area contributed by atoms with Crippen LogP contribution < -0.4 is 10.6 Å². The molecule has 2 aromatic heterocycles. The number of fused-ring (bicyclic) bond motifs is 1. The van der Waals surface area contributed by atoms with Crippen LogP contribution in [0.25, 0.3) is 11.3 Å². The van der Waals surface area contributed by atoms with E-state index in [1.165, 1.54) is 0 Å². The van der Waals surface area contributed by atoms with Crippen LogP contribution in [0.3, 0.4) is 0 Å². The van der Waals surface area contributed by atoms with Gasteiger partial charge in [-0.05, 0) is 10.3 Å². The molecule has 8 nitrogen and oxygen atoms in total. The number of methoxy groups -OCH3 is 1. The standard InChI is InChI=1S/C10H14N6O2/c1-3-4-11-7-8(12-5-6-17-2)14-10-9(13-7)15-18-16-10/h3H,1,4-6H2,2H3,(H,11,13,15)(H,12,14,16). The van der Waals surface area contributed by atoms with Crippen LogP contribution in [0.1, 0.15) is 0 Å². The van der Waals surface area contributed by atoms with Gasteiger partial charge in [-0.3, -0.25) is 0 Å². The maximum Gasteiger partial charge on any atom is 0.245 e. The molecule has 0 fully saturated rings. The van der Waals surface area contributed by atoms with Crippen molar-refractivity contribution in [2.75, 3.05) is 37.4 Å². The minimum Gasteiger partial charge on any atom is -0.383 e. The van der Waals surface area contributed by atoms with E-state index in [1.807, 2.05) is 0 Å². The predicted octanol–water partition coefficient (Wildman–Crippen LogP) is 0.669. The van der Waals surface area contributed by atoms with Crippen LogP contribution in [-0.4, -0.2) is 47.1 Å². The Morgan fingerprint density at radius 2 is 1.89 bits per heavy atom. The summed E-state index contributed by atoms with van der Waals surface area (Å²) in [4.78, 5) is 8.53. The summed E-state index contributed by atoms with van der Waals surface area (Å²) in [5.74, 6) is 1.16. The van der Waals surface area contributed by atoms with Crippen LogP contribution in [0, 0.1) is 0 Å². The van der Waals surface area contributed by atoms with Crippen molar-refractivity contribution in [1.82, 2.24) is 20.3 Å². The van der Waals surface area contributed by atoms with Crippen molar-refractivity contribution in [1.29, 1.82) is 0 Å². The second kappa shape index (κ2) is 5.92. The lowest BCUT2D eigenvalue weighted by Crippen LogP contribution is -2.13. The first-order chi connectivity index (χ1) is 8.85. The number of rotatable bonds is 7. The van der Waals surface area contributed by atoms with Crippen LogP contribution in [0.5, 0.6) is 0 Å². The molecule has 2 aromatic rings. The monoisotopic (exact) mass is 250 g/mol. The maximum atomic E-state index is 4.96. The van der Waals surface area contributed by atoms with Gasteiger partial charge < -0.3 is 15.4 Å². The molecule has 0 bridgehead atoms. The van der Waals surface area contributed by atoms with E-state index in [0.717, 1.165) is 0 Å². The van der Waals surface area contributed by atoms with Gasteiger partial charge in [0.2, 0.25) is 11.3 Å². The lowest BCUT2D eigenvalue weighted by atomic mass is 10.5. The fraction of sp³-hybridized carbons (Fsp3) is 0.400. The van der Waals surface area contributed by atoms with Crippen molar-refractivity contribution >= 4 is 22.9 Å². The van der Waals surface area contributed by atoms with Gasteiger partial charge in [-0.1, -0.05) is 6.08 Å². The fourth-order valence-electron chi connectivity index (χ4n) is 1.32. The van der Waals surface area contributed by atoms with Crippen molar-refractivity contribution in [2.45, 2.75) is 0 Å². The molecule has 0 atom stereocenters. The Bertz CT molecular complexity index is 526. The average molecular weight is 250 g/mol. The first-order valence-electron chi connectivity index (χ1n) is 5.43. The van der Waals surface area contributed by atoms with E-state index in [4.69, 9.17) is 4.74 Å². The third-order valence-electron chi connectivity index (χ3n) is 2.13. The summed E-state index contributed by atoms with van der Waals surface area (Å²) >= 11 is 0. The lowest BCUT2D eigenvalue weighted by molar-refractivity contribution is 0.210. The molecule has 2 rings (SSSR count). The summed E-state index contributed by atoms with van der Waals surface area (Å²) in [5.41, 5.74) is 0.720. The van der Waals surface area contributed by atoms with Gasteiger partial charge in [0, 0.05) is 20.2 Å². The molecule has 0 aliphatic rings. The van der Waals surface area contributed by atoms with E-state index in [-0.39, 0.29) is 0 Å². The summed E-state index contributed by atoms with van der Waals surface area (Å²) in [6.45, 7) is 5.39. The predicted molar refractivity (Wildman–Crippen MR) is 66.4 cm³/mol. The van der Waals surface area contributed by atoms with E-state index in [0.29, 0.717) is 42.6 Å². The largest absolute Gasteiger partial charge is 0.383 e. The number of nitrogens with one attached hydrogen (secondary N) is 2. The fourth-order valence-corrected chi connectivity index (χ4v) is 1.32. The molecule has 0 amide bonds. The minimum absolute atomic E-state index is 0.360. The molecule has 0 aromatic carbocycles. The number of hydrogen-bond donors (Lipinski definition) is 2. The highest BCUT2D eigenvalue weighted by atomic mass is 16.6. The van der Waals surface area contributed by atoms with Crippen molar-refractivity contribution in [2.24, 2.45) is 0 Å². The quantitative estimate of drug-likeness (QED) is 0.546. The van der Waals surface area contributed by atoms with Crippen LogP contribution in [-0.2, 0) is 4.74 Å². The zero-order valence-electron chi connectivity index (χ0n) is 10.0. The SMILES string of the molecule is C=CCNc1nc2nonc2nc1NCCOC. The summed E-state index contributed by atoms with van der Waals surface area (Å²) in [7, 11) is 1.63. The molecular formula is C10H14N6O2. The molecule has 0 aliphatic carbocycles. The van der Waals surface area contributed by atoms with E-state index < -0.39 is 0 Å². The zero-order valence-corrected chi connectivity index (χ0v) is 10.0. The van der Waals surface area contributed by atoms with Crippen molar-refractivity contribution < 1.29 is 9.37 Å². The highest BCUT2D eigenvalue weighted by Crippen LogP contribution is 2.18. The molecule has 18 heavy (non-hydrogen) atoms. The first-order valence-corrected chi connectivity index (χ1v) is 5.43. The molecule has 0 spiro atoms. The summed E-state index contributed by atoms with van der Waals surface area (Å²) < 4.78 is 9.54. The zero-order chi connectivity index (χ0) is 12.8. The number of hydrogen-bond acceptors (Lipinski definition) is 8. The van der Waals surface area contributed by atoms with Crippen LogP contribution in [0.15, 0.2) is 17.3 Å². The van der Waals surface area contributed by atoms with Gasteiger partial charge in [0.05, 0.1) is 6.61 Å². The van der Waals surface area contributed by atoms with Gasteiger partial charge in [0.15, 0.2) is 11.6 Å². The Labute approximate surface area is 103 Å². The smallest absolute Gasteiger partial charge is 0.245 e. The topological polar surface area (TPSA) is 98.0 Å². The number of aromatic nitrogens is 4. The summed E-state index contributed by atoms with van der Waals surface area (Å²) in [6.07, 6.45) is 1.73. The highest BCUT2D eigenvalue weighted by Gasteiger charge is 2.11. The Kier molecular flexibility index (Phi) is 4.02. The Balaban J connectivity index is 2.23. The lowest BCUT2D eigenvalue weighted by Gasteiger charge is -2.09. The Hall–Kier alpha value is -2.22. The first kappa shape index (κ1) is 12.2. The van der Waals surface area contributed by atoms with Crippen LogP contribution >= 0.6 is 0 Å². The van der Waals surface area contributed by atoms with Crippen LogP contribution in [0.2, 0.25) is 0 Å².